The van der Waals surface area contributed by atoms with Crippen LogP contribution >= 0.6 is 0 Å². The zero-order valence-corrected chi connectivity index (χ0v) is 14.4. The van der Waals surface area contributed by atoms with E-state index in [9.17, 15) is 4.79 Å². The molecule has 7 nitrogen and oxygen atoms in total. The van der Waals surface area contributed by atoms with Gasteiger partial charge in [0.2, 0.25) is 0 Å². The molecule has 0 aliphatic heterocycles. The molecule has 2 N–H and O–H groups in total. The largest absolute Gasteiger partial charge is 0.332 e. The van der Waals surface area contributed by atoms with Crippen molar-refractivity contribution in [1.82, 2.24) is 24.5 Å². The second kappa shape index (κ2) is 6.35. The average Bonchev–Trinajstić information content (AvgIpc) is 3.04. The maximum Gasteiger partial charge on any atom is 0.319 e. The van der Waals surface area contributed by atoms with Gasteiger partial charge in [0.1, 0.15) is 5.65 Å². The molecule has 0 spiro atoms. The van der Waals surface area contributed by atoms with E-state index in [4.69, 9.17) is 0 Å². The molecule has 7 heteroatoms. The maximum absolute atomic E-state index is 12.3. The third-order valence-corrected chi connectivity index (χ3v) is 3.90. The molecule has 126 valence electrons. The van der Waals surface area contributed by atoms with Gasteiger partial charge in [-0.2, -0.15) is 5.10 Å². The standard InChI is InChI=1S/C17H22N6O/c1-11(2)16-13(10-22(4)21-16)20-17(24)18-9-14-12(3)19-15-7-5-6-8-23(14)15/h5-8,10-11H,9H2,1-4H3,(H2,18,20,24). The van der Waals surface area contributed by atoms with Gasteiger partial charge < -0.3 is 15.0 Å². The van der Waals surface area contributed by atoms with Gasteiger partial charge in [0.05, 0.1) is 29.3 Å². The lowest BCUT2D eigenvalue weighted by molar-refractivity contribution is 0.251. The number of aromatic nitrogens is 4. The van der Waals surface area contributed by atoms with Gasteiger partial charge in [-0.3, -0.25) is 4.68 Å². The van der Waals surface area contributed by atoms with Crippen LogP contribution in [0.15, 0.2) is 30.6 Å². The first-order valence-electron chi connectivity index (χ1n) is 7.96. The zero-order valence-electron chi connectivity index (χ0n) is 14.4. The molecule has 24 heavy (non-hydrogen) atoms. The van der Waals surface area contributed by atoms with Crippen molar-refractivity contribution in [3.05, 3.63) is 47.7 Å². The molecule has 0 saturated heterocycles. The van der Waals surface area contributed by atoms with E-state index in [-0.39, 0.29) is 11.9 Å². The van der Waals surface area contributed by atoms with Crippen LogP contribution in [0.25, 0.3) is 5.65 Å². The molecule has 3 heterocycles. The number of hydrogen-bond donors (Lipinski definition) is 2. The molecule has 0 unspecified atom stereocenters. The van der Waals surface area contributed by atoms with Crippen LogP contribution in [-0.2, 0) is 13.6 Å². The lowest BCUT2D eigenvalue weighted by atomic mass is 10.1. The number of fused-ring (bicyclic) bond motifs is 1. The number of urea groups is 1. The van der Waals surface area contributed by atoms with E-state index in [1.54, 1.807) is 4.68 Å². The Balaban J connectivity index is 1.71. The lowest BCUT2D eigenvalue weighted by Crippen LogP contribution is -2.29. The second-order valence-electron chi connectivity index (χ2n) is 6.14. The molecular formula is C17H22N6O. The number of anilines is 1. The quantitative estimate of drug-likeness (QED) is 0.774. The number of carbonyl (C=O) groups is 1. The van der Waals surface area contributed by atoms with Crippen molar-refractivity contribution in [2.75, 3.05) is 5.32 Å². The molecular weight excluding hydrogens is 304 g/mol. The summed E-state index contributed by atoms with van der Waals surface area (Å²) in [6, 6.07) is 5.58. The van der Waals surface area contributed by atoms with Crippen LogP contribution in [0.2, 0.25) is 0 Å². The number of carbonyl (C=O) groups excluding carboxylic acids is 1. The highest BCUT2D eigenvalue weighted by Gasteiger charge is 2.14. The van der Waals surface area contributed by atoms with Crippen LogP contribution in [-0.4, -0.2) is 25.2 Å². The third kappa shape index (κ3) is 3.10. The number of nitrogens with zero attached hydrogens (tertiary/aromatic N) is 4. The Kier molecular flexibility index (Phi) is 4.24. The van der Waals surface area contributed by atoms with Gasteiger partial charge >= 0.3 is 6.03 Å². The van der Waals surface area contributed by atoms with Gasteiger partial charge in [0.25, 0.3) is 0 Å². The average molecular weight is 326 g/mol. The predicted molar refractivity (Wildman–Crippen MR) is 93.1 cm³/mol. The van der Waals surface area contributed by atoms with Crippen molar-refractivity contribution >= 4 is 17.4 Å². The minimum atomic E-state index is -0.254. The molecule has 0 fully saturated rings. The molecule has 3 aromatic heterocycles. The molecule has 0 bridgehead atoms. The molecule has 3 aromatic rings. The summed E-state index contributed by atoms with van der Waals surface area (Å²) < 4.78 is 3.69. The fourth-order valence-corrected chi connectivity index (χ4v) is 2.74. The summed E-state index contributed by atoms with van der Waals surface area (Å²) in [5.74, 6) is 0.238. The van der Waals surface area contributed by atoms with Gasteiger partial charge in [0, 0.05) is 19.4 Å². The highest BCUT2D eigenvalue weighted by atomic mass is 16.2. The molecule has 0 aliphatic carbocycles. The Morgan fingerprint density at radius 3 is 2.88 bits per heavy atom. The summed E-state index contributed by atoms with van der Waals surface area (Å²) >= 11 is 0. The van der Waals surface area contributed by atoms with Gasteiger partial charge in [-0.1, -0.05) is 19.9 Å². The van der Waals surface area contributed by atoms with Crippen LogP contribution in [0.5, 0.6) is 0 Å². The second-order valence-corrected chi connectivity index (χ2v) is 6.14. The van der Waals surface area contributed by atoms with E-state index < -0.39 is 0 Å². The van der Waals surface area contributed by atoms with Crippen molar-refractivity contribution in [2.24, 2.45) is 7.05 Å². The first-order valence-corrected chi connectivity index (χ1v) is 7.96. The van der Waals surface area contributed by atoms with Crippen molar-refractivity contribution < 1.29 is 4.79 Å². The number of rotatable bonds is 4. The molecule has 0 atom stereocenters. The zero-order chi connectivity index (χ0) is 17.3. The van der Waals surface area contributed by atoms with Gasteiger partial charge in [0.15, 0.2) is 0 Å². The van der Waals surface area contributed by atoms with E-state index in [0.717, 1.165) is 28.4 Å². The van der Waals surface area contributed by atoms with Crippen LogP contribution in [0, 0.1) is 6.92 Å². The first kappa shape index (κ1) is 16.0. The minimum Gasteiger partial charge on any atom is -0.332 e. The van der Waals surface area contributed by atoms with Crippen LogP contribution < -0.4 is 10.6 Å². The maximum atomic E-state index is 12.3. The molecule has 2 amide bonds. The number of pyridine rings is 1. The highest BCUT2D eigenvalue weighted by Crippen LogP contribution is 2.21. The van der Waals surface area contributed by atoms with Crippen LogP contribution in [0.1, 0.15) is 36.8 Å². The summed E-state index contributed by atoms with van der Waals surface area (Å²) in [5.41, 5.74) is 4.36. The number of aryl methyl sites for hydroxylation is 2. The first-order chi connectivity index (χ1) is 11.5. The van der Waals surface area contributed by atoms with Crippen LogP contribution in [0.4, 0.5) is 10.5 Å². The Hall–Kier alpha value is -2.83. The highest BCUT2D eigenvalue weighted by molar-refractivity contribution is 5.89. The van der Waals surface area contributed by atoms with E-state index in [2.05, 4.69) is 20.7 Å². The summed E-state index contributed by atoms with van der Waals surface area (Å²) in [4.78, 5) is 16.7. The van der Waals surface area contributed by atoms with E-state index >= 15 is 0 Å². The molecule has 0 saturated carbocycles. The summed E-state index contributed by atoms with van der Waals surface area (Å²) in [6.45, 7) is 6.44. The van der Waals surface area contributed by atoms with Crippen molar-refractivity contribution in [3.8, 4) is 0 Å². The van der Waals surface area contributed by atoms with Crippen LogP contribution in [0.3, 0.4) is 0 Å². The van der Waals surface area contributed by atoms with Gasteiger partial charge in [-0.25, -0.2) is 9.78 Å². The lowest BCUT2D eigenvalue weighted by Gasteiger charge is -2.09. The number of hydrogen-bond acceptors (Lipinski definition) is 3. The van der Waals surface area contributed by atoms with Gasteiger partial charge in [-0.15, -0.1) is 0 Å². The summed E-state index contributed by atoms with van der Waals surface area (Å²) in [6.07, 6.45) is 3.76. The Morgan fingerprint density at radius 1 is 1.33 bits per heavy atom. The van der Waals surface area contributed by atoms with Crippen molar-refractivity contribution in [2.45, 2.75) is 33.2 Å². The molecule has 3 rings (SSSR count). The van der Waals surface area contributed by atoms with Crippen molar-refractivity contribution in [3.63, 3.8) is 0 Å². The Bertz CT molecular complexity index is 876. The van der Waals surface area contributed by atoms with Gasteiger partial charge in [-0.05, 0) is 25.0 Å². The smallest absolute Gasteiger partial charge is 0.319 e. The summed E-state index contributed by atoms with van der Waals surface area (Å²) in [7, 11) is 1.84. The van der Waals surface area contributed by atoms with Crippen molar-refractivity contribution in [1.29, 1.82) is 0 Å². The normalized spacial score (nSPS) is 11.2. The van der Waals surface area contributed by atoms with E-state index in [1.807, 2.05) is 62.8 Å². The number of nitrogens with one attached hydrogen (secondary N) is 2. The minimum absolute atomic E-state index is 0.238. The van der Waals surface area contributed by atoms with E-state index in [1.165, 1.54) is 0 Å². The SMILES string of the molecule is Cc1nc2ccccn2c1CNC(=O)Nc1cn(C)nc1C(C)C. The monoisotopic (exact) mass is 326 g/mol. The topological polar surface area (TPSA) is 76.2 Å². The fourth-order valence-electron chi connectivity index (χ4n) is 2.74. The summed E-state index contributed by atoms with van der Waals surface area (Å²) in [5, 5.41) is 10.2. The number of amides is 2. The third-order valence-electron chi connectivity index (χ3n) is 3.90. The predicted octanol–water partition coefficient (Wildman–Crippen LogP) is 2.82. The number of imidazole rings is 1. The van der Waals surface area contributed by atoms with E-state index in [0.29, 0.717) is 6.54 Å². The fraction of sp³-hybridized carbons (Fsp3) is 0.353. The Labute approximate surface area is 140 Å². The Morgan fingerprint density at radius 2 is 2.12 bits per heavy atom. The molecule has 0 radical (unpaired) electrons. The molecule has 0 aliphatic rings. The molecule has 0 aromatic carbocycles.